The first-order valence-electron chi connectivity index (χ1n) is 5.91. The number of para-hydroxylation sites is 1. The molecule has 1 N–H and O–H groups in total. The average Bonchev–Trinajstić information content (AvgIpc) is 2.89. The molecule has 100 valence electrons. The van der Waals surface area contributed by atoms with E-state index >= 15 is 0 Å². The Kier molecular flexibility index (Phi) is 3.86. The lowest BCUT2D eigenvalue weighted by Crippen LogP contribution is -2.15. The molecule has 2 rings (SSSR count). The van der Waals surface area contributed by atoms with E-state index in [1.807, 2.05) is 6.92 Å². The Hall–Kier alpha value is -2.28. The minimum Gasteiger partial charge on any atom is -0.419 e. The van der Waals surface area contributed by atoms with Crippen molar-refractivity contribution in [3.8, 4) is 11.5 Å². The molecule has 1 atom stereocenters. The van der Waals surface area contributed by atoms with Crippen LogP contribution in [-0.2, 0) is 0 Å². The number of nitrogens with one attached hydrogen (secondary N) is 1. The fourth-order valence-electron chi connectivity index (χ4n) is 1.80. The molecule has 1 aromatic heterocycles. The number of benzene rings is 1. The summed E-state index contributed by atoms with van der Waals surface area (Å²) < 4.78 is 5.52. The zero-order chi connectivity index (χ0) is 13.8. The second kappa shape index (κ2) is 5.57. The monoisotopic (exact) mass is 262 g/mol. The number of nitrogens with zero attached hydrogens (tertiary/aromatic N) is 3. The Morgan fingerprint density at radius 3 is 2.79 bits per heavy atom. The smallest absolute Gasteiger partial charge is 0.282 e. The van der Waals surface area contributed by atoms with E-state index in [0.717, 1.165) is 6.42 Å². The summed E-state index contributed by atoms with van der Waals surface area (Å²) in [6, 6.07) is 6.25. The summed E-state index contributed by atoms with van der Waals surface area (Å²) in [6.07, 6.45) is 0.787. The van der Waals surface area contributed by atoms with Gasteiger partial charge in [0.1, 0.15) is 5.56 Å². The van der Waals surface area contributed by atoms with Gasteiger partial charge in [-0.2, -0.15) is 0 Å². The number of rotatable bonds is 5. The third-order valence-electron chi connectivity index (χ3n) is 2.83. The highest BCUT2D eigenvalue weighted by atomic mass is 16.6. The fraction of sp³-hybridized carbons (Fsp3) is 0.333. The van der Waals surface area contributed by atoms with Gasteiger partial charge in [-0.05, 0) is 19.5 Å². The van der Waals surface area contributed by atoms with Gasteiger partial charge in [0.25, 0.3) is 11.6 Å². The first-order valence-corrected chi connectivity index (χ1v) is 5.91. The van der Waals surface area contributed by atoms with Gasteiger partial charge in [0, 0.05) is 6.07 Å². The normalized spacial score (nSPS) is 12.3. The SMILES string of the molecule is CCC(NC)c1nnc(-c2ccccc2[N+](=O)[O-])o1. The van der Waals surface area contributed by atoms with Gasteiger partial charge in [0.05, 0.1) is 11.0 Å². The molecule has 0 spiro atoms. The molecule has 7 nitrogen and oxygen atoms in total. The fourth-order valence-corrected chi connectivity index (χ4v) is 1.80. The van der Waals surface area contributed by atoms with Crippen LogP contribution in [0.2, 0.25) is 0 Å². The van der Waals surface area contributed by atoms with E-state index in [1.54, 1.807) is 25.2 Å². The zero-order valence-corrected chi connectivity index (χ0v) is 10.7. The van der Waals surface area contributed by atoms with Crippen molar-refractivity contribution in [2.75, 3.05) is 7.05 Å². The lowest BCUT2D eigenvalue weighted by molar-refractivity contribution is -0.384. The first kappa shape index (κ1) is 13.2. The van der Waals surface area contributed by atoms with E-state index < -0.39 is 4.92 Å². The minimum absolute atomic E-state index is 0.0461. The largest absolute Gasteiger partial charge is 0.419 e. The highest BCUT2D eigenvalue weighted by Crippen LogP contribution is 2.29. The van der Waals surface area contributed by atoms with Crippen LogP contribution in [-0.4, -0.2) is 22.2 Å². The van der Waals surface area contributed by atoms with Gasteiger partial charge >= 0.3 is 0 Å². The Morgan fingerprint density at radius 2 is 2.16 bits per heavy atom. The summed E-state index contributed by atoms with van der Waals surface area (Å²) in [4.78, 5) is 10.5. The van der Waals surface area contributed by atoms with Crippen molar-refractivity contribution >= 4 is 5.69 Å². The molecule has 0 saturated heterocycles. The standard InChI is InChI=1S/C12H14N4O3/c1-3-9(13-2)12-15-14-11(19-12)8-6-4-5-7-10(8)16(17)18/h4-7,9,13H,3H2,1-2H3. The van der Waals surface area contributed by atoms with Crippen LogP contribution in [0.15, 0.2) is 28.7 Å². The topological polar surface area (TPSA) is 94.1 Å². The van der Waals surface area contributed by atoms with Crippen molar-refractivity contribution < 1.29 is 9.34 Å². The molecule has 0 radical (unpaired) electrons. The maximum absolute atomic E-state index is 11.0. The molecule has 0 amide bonds. The van der Waals surface area contributed by atoms with Crippen molar-refractivity contribution in [1.82, 2.24) is 15.5 Å². The van der Waals surface area contributed by atoms with E-state index in [4.69, 9.17) is 4.42 Å². The van der Waals surface area contributed by atoms with Gasteiger partial charge < -0.3 is 9.73 Å². The second-order valence-corrected chi connectivity index (χ2v) is 3.97. The summed E-state index contributed by atoms with van der Waals surface area (Å²) in [7, 11) is 1.79. The zero-order valence-electron chi connectivity index (χ0n) is 10.7. The Morgan fingerprint density at radius 1 is 1.42 bits per heavy atom. The molecule has 7 heteroatoms. The van der Waals surface area contributed by atoms with Gasteiger partial charge in [0.15, 0.2) is 0 Å². The van der Waals surface area contributed by atoms with Gasteiger partial charge in [-0.25, -0.2) is 0 Å². The molecule has 2 aromatic rings. The third-order valence-corrected chi connectivity index (χ3v) is 2.83. The van der Waals surface area contributed by atoms with E-state index in [0.29, 0.717) is 11.5 Å². The molecule has 0 aliphatic carbocycles. The van der Waals surface area contributed by atoms with Gasteiger partial charge in [-0.3, -0.25) is 10.1 Å². The summed E-state index contributed by atoms with van der Waals surface area (Å²) in [5, 5.41) is 21.8. The number of hydrogen-bond donors (Lipinski definition) is 1. The lowest BCUT2D eigenvalue weighted by Gasteiger charge is -2.07. The highest BCUT2D eigenvalue weighted by Gasteiger charge is 2.21. The summed E-state index contributed by atoms with van der Waals surface area (Å²) in [5.41, 5.74) is 0.285. The average molecular weight is 262 g/mol. The van der Waals surface area contributed by atoms with Crippen LogP contribution in [0, 0.1) is 10.1 Å². The molecule has 0 fully saturated rings. The Bertz CT molecular complexity index is 578. The summed E-state index contributed by atoms with van der Waals surface area (Å²) in [5.74, 6) is 0.592. The summed E-state index contributed by atoms with van der Waals surface area (Å²) >= 11 is 0. The quantitative estimate of drug-likeness (QED) is 0.656. The van der Waals surface area contributed by atoms with E-state index in [9.17, 15) is 10.1 Å². The number of aromatic nitrogens is 2. The molecule has 0 aliphatic heterocycles. The van der Waals surface area contributed by atoms with Crippen LogP contribution in [0.3, 0.4) is 0 Å². The van der Waals surface area contributed by atoms with Crippen LogP contribution in [0.5, 0.6) is 0 Å². The second-order valence-electron chi connectivity index (χ2n) is 3.97. The molecular formula is C12H14N4O3. The maximum atomic E-state index is 11.0. The van der Waals surface area contributed by atoms with Crippen LogP contribution >= 0.6 is 0 Å². The Labute approximate surface area is 109 Å². The van der Waals surface area contributed by atoms with Crippen molar-refractivity contribution in [3.05, 3.63) is 40.3 Å². The third kappa shape index (κ3) is 2.60. The molecule has 1 heterocycles. The Balaban J connectivity index is 2.41. The van der Waals surface area contributed by atoms with E-state index in [2.05, 4.69) is 15.5 Å². The van der Waals surface area contributed by atoms with Crippen LogP contribution in [0.25, 0.3) is 11.5 Å². The molecule has 1 unspecified atom stereocenters. The van der Waals surface area contributed by atoms with Crippen molar-refractivity contribution in [2.45, 2.75) is 19.4 Å². The van der Waals surface area contributed by atoms with Gasteiger partial charge in [-0.15, -0.1) is 10.2 Å². The van der Waals surface area contributed by atoms with E-state index in [-0.39, 0.29) is 17.6 Å². The van der Waals surface area contributed by atoms with Crippen LogP contribution in [0.4, 0.5) is 5.69 Å². The minimum atomic E-state index is -0.464. The molecular weight excluding hydrogens is 248 g/mol. The number of hydrogen-bond acceptors (Lipinski definition) is 6. The number of nitro benzene ring substituents is 1. The van der Waals surface area contributed by atoms with Crippen molar-refractivity contribution in [3.63, 3.8) is 0 Å². The molecule has 19 heavy (non-hydrogen) atoms. The predicted octanol–water partition coefficient (Wildman–Crippen LogP) is 2.32. The molecule has 1 aromatic carbocycles. The maximum Gasteiger partial charge on any atom is 0.282 e. The van der Waals surface area contributed by atoms with Crippen LogP contribution < -0.4 is 5.32 Å². The van der Waals surface area contributed by atoms with Gasteiger partial charge in [-0.1, -0.05) is 19.1 Å². The molecule has 0 saturated carbocycles. The lowest BCUT2D eigenvalue weighted by atomic mass is 10.2. The first-order chi connectivity index (χ1) is 9.17. The summed E-state index contributed by atoms with van der Waals surface area (Å²) in [6.45, 7) is 1.98. The van der Waals surface area contributed by atoms with Crippen molar-refractivity contribution in [1.29, 1.82) is 0 Å². The van der Waals surface area contributed by atoms with E-state index in [1.165, 1.54) is 6.07 Å². The van der Waals surface area contributed by atoms with Gasteiger partial charge in [0.2, 0.25) is 5.89 Å². The molecule has 0 bridgehead atoms. The van der Waals surface area contributed by atoms with Crippen LogP contribution in [0.1, 0.15) is 25.3 Å². The predicted molar refractivity (Wildman–Crippen MR) is 68.5 cm³/mol. The van der Waals surface area contributed by atoms with Crippen molar-refractivity contribution in [2.24, 2.45) is 0 Å². The molecule has 0 aliphatic rings. The highest BCUT2D eigenvalue weighted by molar-refractivity contribution is 5.66. The number of nitro groups is 1.